The van der Waals surface area contributed by atoms with Crippen LogP contribution in [-0.2, 0) is 12.8 Å². The van der Waals surface area contributed by atoms with Crippen LogP contribution in [0.25, 0.3) is 11.3 Å². The van der Waals surface area contributed by atoms with Gasteiger partial charge < -0.3 is 5.32 Å². The Morgan fingerprint density at radius 3 is 2.59 bits per heavy atom. The summed E-state index contributed by atoms with van der Waals surface area (Å²) in [6, 6.07) is 7.86. The van der Waals surface area contributed by atoms with Crippen LogP contribution in [0, 0.1) is 0 Å². The van der Waals surface area contributed by atoms with Gasteiger partial charge in [-0.25, -0.2) is 9.67 Å². The molecule has 1 N–H and O–H groups in total. The predicted octanol–water partition coefficient (Wildman–Crippen LogP) is 4.24. The van der Waals surface area contributed by atoms with Gasteiger partial charge in [-0.2, -0.15) is 5.10 Å². The van der Waals surface area contributed by atoms with Crippen LogP contribution >= 0.6 is 11.3 Å². The number of nitrogens with zero attached hydrogens (tertiary/aromatic N) is 4. The molecule has 0 aliphatic heterocycles. The number of aromatic nitrogens is 4. The van der Waals surface area contributed by atoms with E-state index in [1.807, 2.05) is 23.5 Å². The molecule has 0 bridgehead atoms. The second kappa shape index (κ2) is 8.06. The number of thiazole rings is 1. The van der Waals surface area contributed by atoms with Crippen molar-refractivity contribution < 1.29 is 0 Å². The molecule has 1 fully saturated rings. The van der Waals surface area contributed by atoms with E-state index in [0.29, 0.717) is 6.04 Å². The molecule has 0 radical (unpaired) electrons. The molecule has 6 nitrogen and oxygen atoms in total. The summed E-state index contributed by atoms with van der Waals surface area (Å²) in [4.78, 5) is 22.8. The van der Waals surface area contributed by atoms with Crippen LogP contribution in [0.2, 0.25) is 0 Å². The topological polar surface area (TPSA) is 72.7 Å². The number of nitrogens with one attached hydrogen (secondary N) is 1. The normalized spacial score (nSPS) is 21.5. The van der Waals surface area contributed by atoms with Crippen LogP contribution < -0.4 is 10.9 Å². The fraction of sp³-hybridized carbons (Fsp3) is 0.455. The Labute approximate surface area is 174 Å². The first-order valence-electron chi connectivity index (χ1n) is 10.5. The highest BCUT2D eigenvalue weighted by Gasteiger charge is 2.25. The van der Waals surface area contributed by atoms with Crippen molar-refractivity contribution in [1.82, 2.24) is 19.7 Å². The number of aryl methyl sites for hydroxylation is 2. The molecule has 1 saturated carbocycles. The monoisotopic (exact) mass is 407 g/mol. The first-order valence-corrected chi connectivity index (χ1v) is 11.3. The molecule has 29 heavy (non-hydrogen) atoms. The van der Waals surface area contributed by atoms with Gasteiger partial charge in [-0.3, -0.25) is 9.78 Å². The molecule has 2 aliphatic carbocycles. The molecule has 0 saturated heterocycles. The third kappa shape index (κ3) is 3.96. The Morgan fingerprint density at radius 1 is 1.00 bits per heavy atom. The van der Waals surface area contributed by atoms with Crippen molar-refractivity contribution in [3.05, 3.63) is 57.6 Å². The molecule has 5 rings (SSSR count). The van der Waals surface area contributed by atoms with E-state index in [9.17, 15) is 4.79 Å². The van der Waals surface area contributed by atoms with Crippen LogP contribution in [0.4, 0.5) is 5.13 Å². The van der Waals surface area contributed by atoms with E-state index >= 15 is 0 Å². The summed E-state index contributed by atoms with van der Waals surface area (Å²) in [5.41, 5.74) is 3.09. The molecule has 2 aliphatic rings. The highest BCUT2D eigenvalue weighted by Crippen LogP contribution is 2.33. The van der Waals surface area contributed by atoms with Crippen LogP contribution in [0.15, 0.2) is 41.5 Å². The minimum absolute atomic E-state index is 0.0215. The maximum Gasteiger partial charge on any atom is 0.267 e. The standard InChI is InChI=1S/C22H25N5OS/c28-21-10-9-18(15-11-13-23-14-12-15)26-27(21)17-7-5-16(6-8-17)24-22-25-19-3-1-2-4-20(19)29-22/h9-14,16-17H,1-8H2,(H,24,25). The van der Waals surface area contributed by atoms with Crippen molar-refractivity contribution in [3.63, 3.8) is 0 Å². The second-order valence-corrected chi connectivity index (χ2v) is 9.07. The van der Waals surface area contributed by atoms with Gasteiger partial charge in [0.1, 0.15) is 0 Å². The number of fused-ring (bicyclic) bond motifs is 1. The first kappa shape index (κ1) is 18.5. The van der Waals surface area contributed by atoms with Crippen molar-refractivity contribution in [2.45, 2.75) is 63.5 Å². The molecule has 7 heteroatoms. The zero-order chi connectivity index (χ0) is 19.6. The Kier molecular flexibility index (Phi) is 5.14. The molecule has 0 amide bonds. The Hall–Kier alpha value is -2.54. The molecule has 150 valence electrons. The molecule has 0 aromatic carbocycles. The summed E-state index contributed by atoms with van der Waals surface area (Å²) in [6.45, 7) is 0. The van der Waals surface area contributed by atoms with Crippen LogP contribution in [0.3, 0.4) is 0 Å². The van der Waals surface area contributed by atoms with Crippen molar-refractivity contribution in [2.24, 2.45) is 0 Å². The van der Waals surface area contributed by atoms with E-state index in [4.69, 9.17) is 4.98 Å². The van der Waals surface area contributed by atoms with Crippen LogP contribution in [-0.4, -0.2) is 25.8 Å². The highest BCUT2D eigenvalue weighted by atomic mass is 32.1. The smallest absolute Gasteiger partial charge is 0.267 e. The van der Waals surface area contributed by atoms with Crippen LogP contribution in [0.5, 0.6) is 0 Å². The van der Waals surface area contributed by atoms with Crippen molar-refractivity contribution in [1.29, 1.82) is 0 Å². The quantitative estimate of drug-likeness (QED) is 0.700. The minimum atomic E-state index is -0.0215. The number of rotatable bonds is 4. The van der Waals surface area contributed by atoms with Gasteiger partial charge in [-0.1, -0.05) is 0 Å². The van der Waals surface area contributed by atoms with Gasteiger partial charge in [0, 0.05) is 34.9 Å². The van der Waals surface area contributed by atoms with Gasteiger partial charge in [0.15, 0.2) is 5.13 Å². The predicted molar refractivity (Wildman–Crippen MR) is 115 cm³/mol. The molecule has 0 atom stereocenters. The zero-order valence-electron chi connectivity index (χ0n) is 16.4. The van der Waals surface area contributed by atoms with E-state index in [1.54, 1.807) is 29.2 Å². The number of pyridine rings is 1. The Bertz CT molecular complexity index is 1010. The van der Waals surface area contributed by atoms with Crippen molar-refractivity contribution in [3.8, 4) is 11.3 Å². The number of hydrogen-bond donors (Lipinski definition) is 1. The highest BCUT2D eigenvalue weighted by molar-refractivity contribution is 7.15. The summed E-state index contributed by atoms with van der Waals surface area (Å²) >= 11 is 1.83. The lowest BCUT2D eigenvalue weighted by Crippen LogP contribution is -2.33. The minimum Gasteiger partial charge on any atom is -0.359 e. The molecule has 3 aromatic rings. The van der Waals surface area contributed by atoms with E-state index in [1.165, 1.54) is 29.8 Å². The van der Waals surface area contributed by atoms with E-state index in [0.717, 1.165) is 48.5 Å². The first-order chi connectivity index (χ1) is 14.3. The van der Waals surface area contributed by atoms with Gasteiger partial charge in [0.05, 0.1) is 17.4 Å². The van der Waals surface area contributed by atoms with Crippen LogP contribution in [0.1, 0.15) is 55.1 Å². The third-order valence-corrected chi connectivity index (χ3v) is 7.11. The maximum absolute atomic E-state index is 12.5. The summed E-state index contributed by atoms with van der Waals surface area (Å²) in [7, 11) is 0. The maximum atomic E-state index is 12.5. The summed E-state index contributed by atoms with van der Waals surface area (Å²) < 4.78 is 1.69. The van der Waals surface area contributed by atoms with E-state index in [2.05, 4.69) is 15.4 Å². The third-order valence-electron chi connectivity index (χ3n) is 6.02. The fourth-order valence-electron chi connectivity index (χ4n) is 4.42. The van der Waals surface area contributed by atoms with E-state index in [-0.39, 0.29) is 11.6 Å². The molecule has 3 aromatic heterocycles. The van der Waals surface area contributed by atoms with Gasteiger partial charge in [-0.05, 0) is 69.6 Å². The van der Waals surface area contributed by atoms with Gasteiger partial charge in [0.25, 0.3) is 5.56 Å². The summed E-state index contributed by atoms with van der Waals surface area (Å²) in [5.74, 6) is 0. The van der Waals surface area contributed by atoms with Gasteiger partial charge >= 0.3 is 0 Å². The summed E-state index contributed by atoms with van der Waals surface area (Å²) in [6.07, 6.45) is 12.3. The van der Waals surface area contributed by atoms with Gasteiger partial charge in [0.2, 0.25) is 0 Å². The average Bonchev–Trinajstić information content (AvgIpc) is 3.18. The number of anilines is 1. The molecule has 0 unspecified atom stereocenters. The molecular weight excluding hydrogens is 382 g/mol. The molecular formula is C22H25N5OS. The average molecular weight is 408 g/mol. The van der Waals surface area contributed by atoms with Gasteiger partial charge in [-0.15, -0.1) is 11.3 Å². The number of hydrogen-bond acceptors (Lipinski definition) is 6. The second-order valence-electron chi connectivity index (χ2n) is 7.98. The van der Waals surface area contributed by atoms with Crippen molar-refractivity contribution >= 4 is 16.5 Å². The van der Waals surface area contributed by atoms with E-state index < -0.39 is 0 Å². The molecule has 3 heterocycles. The largest absolute Gasteiger partial charge is 0.359 e. The Morgan fingerprint density at radius 2 is 1.79 bits per heavy atom. The molecule has 0 spiro atoms. The lowest BCUT2D eigenvalue weighted by atomic mass is 9.91. The van der Waals surface area contributed by atoms with Crippen molar-refractivity contribution in [2.75, 3.05) is 5.32 Å². The lowest BCUT2D eigenvalue weighted by Gasteiger charge is -2.29. The zero-order valence-corrected chi connectivity index (χ0v) is 17.2. The Balaban J connectivity index is 1.26. The fourth-order valence-corrected chi connectivity index (χ4v) is 5.54. The summed E-state index contributed by atoms with van der Waals surface area (Å²) in [5, 5.41) is 9.40. The SMILES string of the molecule is O=c1ccc(-c2ccncc2)nn1C1CCC(Nc2nc3c(s2)CCCC3)CC1. The lowest BCUT2D eigenvalue weighted by molar-refractivity contribution is 0.304.